The zero-order chi connectivity index (χ0) is 15.2. The van der Waals surface area contributed by atoms with Gasteiger partial charge in [-0.25, -0.2) is 0 Å². The number of aliphatic hydroxyl groups is 1. The number of aliphatic hydroxyl groups excluding tert-OH is 1. The molecule has 2 N–H and O–H groups in total. The van der Waals surface area contributed by atoms with Crippen molar-refractivity contribution >= 4 is 23.2 Å². The topological polar surface area (TPSA) is 69.6 Å². The molecule has 21 heavy (non-hydrogen) atoms. The average Bonchev–Trinajstić information content (AvgIpc) is 2.99. The van der Waals surface area contributed by atoms with Crippen LogP contribution in [0, 0.1) is 17.8 Å². The van der Waals surface area contributed by atoms with E-state index in [1.807, 2.05) is 5.38 Å². The molecule has 6 heteroatoms. The van der Waals surface area contributed by atoms with Crippen LogP contribution < -0.4 is 5.32 Å². The highest BCUT2D eigenvalue weighted by atomic mass is 32.1. The van der Waals surface area contributed by atoms with Crippen LogP contribution in [0.3, 0.4) is 0 Å². The molecule has 2 heterocycles. The van der Waals surface area contributed by atoms with Crippen LogP contribution in [0.15, 0.2) is 11.4 Å². The predicted octanol–water partition coefficient (Wildman–Crippen LogP) is 0.690. The van der Waals surface area contributed by atoms with Gasteiger partial charge in [-0.15, -0.1) is 11.3 Å². The molecule has 0 aliphatic carbocycles. The minimum absolute atomic E-state index is 0.0148. The van der Waals surface area contributed by atoms with Crippen molar-refractivity contribution in [3.05, 3.63) is 21.9 Å². The summed E-state index contributed by atoms with van der Waals surface area (Å²) in [6, 6.07) is 1.78. The summed E-state index contributed by atoms with van der Waals surface area (Å²) in [5, 5.41) is 13.2. The van der Waals surface area contributed by atoms with Crippen LogP contribution in [0.4, 0.5) is 0 Å². The van der Waals surface area contributed by atoms with E-state index in [1.165, 1.54) is 11.3 Å². The Morgan fingerprint density at radius 1 is 1.57 bits per heavy atom. The van der Waals surface area contributed by atoms with Gasteiger partial charge in [0, 0.05) is 25.7 Å². The number of nitrogens with zero attached hydrogens (tertiary/aromatic N) is 1. The monoisotopic (exact) mass is 306 g/mol. The molecule has 1 aliphatic heterocycles. The largest absolute Gasteiger partial charge is 0.384 e. The molecule has 1 saturated heterocycles. The van der Waals surface area contributed by atoms with E-state index in [9.17, 15) is 9.59 Å². The summed E-state index contributed by atoms with van der Waals surface area (Å²) in [6.07, 6.45) is 1.64. The predicted molar refractivity (Wildman–Crippen MR) is 81.0 cm³/mol. The van der Waals surface area contributed by atoms with E-state index in [0.717, 1.165) is 12.8 Å². The molecule has 1 fully saturated rings. The van der Waals surface area contributed by atoms with Gasteiger partial charge in [-0.2, -0.15) is 0 Å². The van der Waals surface area contributed by atoms with Gasteiger partial charge in [-0.1, -0.05) is 11.8 Å². The second-order valence-corrected chi connectivity index (χ2v) is 5.74. The summed E-state index contributed by atoms with van der Waals surface area (Å²) in [7, 11) is 1.62. The molecule has 1 unspecified atom stereocenters. The fourth-order valence-corrected chi connectivity index (χ4v) is 3.25. The molecule has 1 aromatic heterocycles. The zero-order valence-corrected chi connectivity index (χ0v) is 12.7. The van der Waals surface area contributed by atoms with Gasteiger partial charge in [0.15, 0.2) is 0 Å². The Balaban J connectivity index is 2.13. The van der Waals surface area contributed by atoms with E-state index in [-0.39, 0.29) is 24.3 Å². The number of nitrogens with one attached hydrogen (secondary N) is 1. The van der Waals surface area contributed by atoms with Crippen LogP contribution >= 0.6 is 11.3 Å². The SMILES string of the molecule is CNC(=O)C1CCCN(C(=O)c2sccc2C#CCO)C1. The molecule has 1 aliphatic rings. The molecule has 2 rings (SSSR count). The number of carbonyl (C=O) groups excluding carboxylic acids is 2. The standard InChI is InChI=1S/C15H18N2O3S/c1-16-14(19)12-4-2-7-17(10-12)15(20)13-11(5-3-8-18)6-9-21-13/h6,9,12,18H,2,4,7-8,10H2,1H3,(H,16,19). The van der Waals surface area contributed by atoms with Gasteiger partial charge >= 0.3 is 0 Å². The van der Waals surface area contributed by atoms with Gasteiger partial charge < -0.3 is 15.3 Å². The number of rotatable bonds is 2. The normalized spacial score (nSPS) is 17.8. The molecule has 0 spiro atoms. The molecule has 5 nitrogen and oxygen atoms in total. The van der Waals surface area contributed by atoms with E-state index in [1.54, 1.807) is 18.0 Å². The van der Waals surface area contributed by atoms with E-state index in [4.69, 9.17) is 5.11 Å². The van der Waals surface area contributed by atoms with Crippen LogP contribution in [-0.4, -0.2) is 48.6 Å². The van der Waals surface area contributed by atoms with Crippen molar-refractivity contribution in [2.45, 2.75) is 12.8 Å². The van der Waals surface area contributed by atoms with E-state index >= 15 is 0 Å². The highest BCUT2D eigenvalue weighted by Gasteiger charge is 2.29. The molecule has 1 atom stereocenters. The number of thiophene rings is 1. The lowest BCUT2D eigenvalue weighted by molar-refractivity contribution is -0.125. The lowest BCUT2D eigenvalue weighted by Gasteiger charge is -2.31. The molecule has 0 saturated carbocycles. The first-order valence-corrected chi connectivity index (χ1v) is 7.73. The lowest BCUT2D eigenvalue weighted by atomic mass is 9.97. The first kappa shape index (κ1) is 15.5. The molecule has 0 bridgehead atoms. The number of likely N-dealkylation sites (tertiary alicyclic amines) is 1. The molecule has 2 amide bonds. The van der Waals surface area contributed by atoms with E-state index < -0.39 is 0 Å². The highest BCUT2D eigenvalue weighted by Crippen LogP contribution is 2.23. The maximum atomic E-state index is 12.6. The van der Waals surface area contributed by atoms with Crippen LogP contribution in [0.5, 0.6) is 0 Å². The second kappa shape index (κ2) is 7.25. The van der Waals surface area contributed by atoms with Gasteiger partial charge in [0.2, 0.25) is 5.91 Å². The van der Waals surface area contributed by atoms with Gasteiger partial charge in [-0.3, -0.25) is 9.59 Å². The van der Waals surface area contributed by atoms with Gasteiger partial charge in [-0.05, 0) is 24.3 Å². The Bertz CT molecular complexity index is 585. The lowest BCUT2D eigenvalue weighted by Crippen LogP contribution is -2.44. The third-order valence-corrected chi connectivity index (χ3v) is 4.39. The summed E-state index contributed by atoms with van der Waals surface area (Å²) >= 11 is 1.34. The summed E-state index contributed by atoms with van der Waals surface area (Å²) in [4.78, 5) is 26.6. The Morgan fingerprint density at radius 3 is 3.10 bits per heavy atom. The van der Waals surface area contributed by atoms with Crippen LogP contribution in [0.1, 0.15) is 28.1 Å². The smallest absolute Gasteiger partial charge is 0.265 e. The quantitative estimate of drug-likeness (QED) is 0.790. The number of amides is 2. The first-order chi connectivity index (χ1) is 10.2. The zero-order valence-electron chi connectivity index (χ0n) is 11.9. The van der Waals surface area contributed by atoms with Gasteiger partial charge in [0.05, 0.1) is 5.92 Å². The summed E-state index contributed by atoms with van der Waals surface area (Å²) < 4.78 is 0. The van der Waals surface area contributed by atoms with Crippen molar-refractivity contribution in [1.82, 2.24) is 10.2 Å². The minimum atomic E-state index is -0.230. The Morgan fingerprint density at radius 2 is 2.38 bits per heavy atom. The molecular weight excluding hydrogens is 288 g/mol. The summed E-state index contributed by atoms with van der Waals surface area (Å²) in [5.41, 5.74) is 0.640. The summed E-state index contributed by atoms with van der Waals surface area (Å²) in [6.45, 7) is 0.881. The van der Waals surface area contributed by atoms with Crippen molar-refractivity contribution in [2.24, 2.45) is 5.92 Å². The molecule has 1 aromatic rings. The molecule has 0 aromatic carbocycles. The Kier molecular flexibility index (Phi) is 5.37. The van der Waals surface area contributed by atoms with Crippen molar-refractivity contribution in [3.8, 4) is 11.8 Å². The number of hydrogen-bond donors (Lipinski definition) is 2. The Hall–Kier alpha value is -1.84. The summed E-state index contributed by atoms with van der Waals surface area (Å²) in [5.74, 6) is 5.12. The van der Waals surface area contributed by atoms with E-state index in [2.05, 4.69) is 17.2 Å². The van der Waals surface area contributed by atoms with E-state index in [0.29, 0.717) is 23.5 Å². The molecule has 0 radical (unpaired) electrons. The maximum Gasteiger partial charge on any atom is 0.265 e. The van der Waals surface area contributed by atoms with Crippen LogP contribution in [0.2, 0.25) is 0 Å². The third-order valence-electron chi connectivity index (χ3n) is 3.49. The fourth-order valence-electron chi connectivity index (χ4n) is 2.43. The van der Waals surface area contributed by atoms with Crippen molar-refractivity contribution < 1.29 is 14.7 Å². The van der Waals surface area contributed by atoms with Crippen molar-refractivity contribution in [3.63, 3.8) is 0 Å². The van der Waals surface area contributed by atoms with Crippen LogP contribution in [0.25, 0.3) is 0 Å². The number of carbonyl (C=O) groups is 2. The second-order valence-electron chi connectivity index (χ2n) is 4.83. The fraction of sp³-hybridized carbons (Fsp3) is 0.467. The van der Waals surface area contributed by atoms with Crippen molar-refractivity contribution in [1.29, 1.82) is 0 Å². The molecule has 112 valence electrons. The Labute approximate surface area is 128 Å². The third kappa shape index (κ3) is 3.63. The molecular formula is C15H18N2O3S. The maximum absolute atomic E-state index is 12.6. The highest BCUT2D eigenvalue weighted by molar-refractivity contribution is 7.12. The van der Waals surface area contributed by atoms with Gasteiger partial charge in [0.25, 0.3) is 5.91 Å². The average molecular weight is 306 g/mol. The van der Waals surface area contributed by atoms with Crippen molar-refractivity contribution in [2.75, 3.05) is 26.7 Å². The number of piperidine rings is 1. The van der Waals surface area contributed by atoms with Crippen LogP contribution in [-0.2, 0) is 4.79 Å². The minimum Gasteiger partial charge on any atom is -0.384 e. The first-order valence-electron chi connectivity index (χ1n) is 6.85. The number of hydrogen-bond acceptors (Lipinski definition) is 4. The van der Waals surface area contributed by atoms with Gasteiger partial charge in [0.1, 0.15) is 11.5 Å².